The molecule has 6 nitrogen and oxygen atoms in total. The number of rotatable bonds is 4. The minimum atomic E-state index is -1.07. The molecule has 0 atom stereocenters. The van der Waals surface area contributed by atoms with Gasteiger partial charge >= 0.3 is 5.97 Å². The molecule has 1 aliphatic rings. The molecule has 0 unspecified atom stereocenters. The highest BCUT2D eigenvalue weighted by molar-refractivity contribution is 9.10. The zero-order valence-electron chi connectivity index (χ0n) is 10.8. The zero-order chi connectivity index (χ0) is 14.1. The number of hydrogen-bond acceptors (Lipinski definition) is 4. The van der Waals surface area contributed by atoms with Gasteiger partial charge in [-0.3, -0.25) is 0 Å². The first-order valence-corrected chi connectivity index (χ1v) is 7.47. The van der Waals surface area contributed by atoms with Crippen molar-refractivity contribution in [1.29, 1.82) is 0 Å². The molecule has 2 aromatic rings. The normalized spacial score (nSPS) is 15.8. The summed E-state index contributed by atoms with van der Waals surface area (Å²) in [6, 6.07) is 3.59. The number of aromatic carboxylic acids is 1. The van der Waals surface area contributed by atoms with Gasteiger partial charge in [-0.1, -0.05) is 12.8 Å². The maximum Gasteiger partial charge on any atom is 0.357 e. The molecule has 1 fully saturated rings. The Morgan fingerprint density at radius 1 is 1.45 bits per heavy atom. The van der Waals surface area contributed by atoms with E-state index in [2.05, 4.69) is 31.3 Å². The Balaban J connectivity index is 1.82. The van der Waals surface area contributed by atoms with Crippen molar-refractivity contribution in [2.45, 2.75) is 25.7 Å². The molecule has 3 rings (SSSR count). The summed E-state index contributed by atoms with van der Waals surface area (Å²) < 4.78 is 1.87. The van der Waals surface area contributed by atoms with Gasteiger partial charge in [0.05, 0.1) is 0 Å². The fourth-order valence-corrected chi connectivity index (χ4v) is 3.12. The van der Waals surface area contributed by atoms with Crippen LogP contribution in [0.2, 0.25) is 0 Å². The van der Waals surface area contributed by atoms with E-state index in [0.717, 1.165) is 12.4 Å². The van der Waals surface area contributed by atoms with Crippen molar-refractivity contribution >= 4 is 33.4 Å². The molecule has 7 heteroatoms. The van der Waals surface area contributed by atoms with Gasteiger partial charge in [0.1, 0.15) is 10.4 Å². The molecular weight excluding hydrogens is 324 g/mol. The largest absolute Gasteiger partial charge is 0.476 e. The van der Waals surface area contributed by atoms with Crippen LogP contribution in [0.5, 0.6) is 0 Å². The molecule has 106 valence electrons. The highest BCUT2D eigenvalue weighted by Crippen LogP contribution is 2.25. The monoisotopic (exact) mass is 338 g/mol. The van der Waals surface area contributed by atoms with Gasteiger partial charge in [-0.2, -0.15) is 0 Å². The van der Waals surface area contributed by atoms with Gasteiger partial charge in [-0.25, -0.2) is 14.3 Å². The smallest absolute Gasteiger partial charge is 0.357 e. The first kappa shape index (κ1) is 13.4. The van der Waals surface area contributed by atoms with Crippen molar-refractivity contribution in [3.8, 4) is 0 Å². The van der Waals surface area contributed by atoms with E-state index in [0.29, 0.717) is 16.2 Å². The lowest BCUT2D eigenvalue weighted by Gasteiger charge is -2.10. The number of anilines is 1. The molecule has 0 aromatic carbocycles. The van der Waals surface area contributed by atoms with Gasteiger partial charge in [0.2, 0.25) is 0 Å². The summed E-state index contributed by atoms with van der Waals surface area (Å²) >= 11 is 3.23. The number of imidazole rings is 1. The standard InChI is InChI=1S/C13H15BrN4O2/c14-12-11(13(19)20)16-10-6-5-9(17-18(10)12)15-7-8-3-1-2-4-8/h5-6,8H,1-4,7H2,(H,15,17)(H,19,20). The molecule has 0 radical (unpaired) electrons. The van der Waals surface area contributed by atoms with E-state index in [1.807, 2.05) is 6.07 Å². The second-order valence-electron chi connectivity index (χ2n) is 5.08. The van der Waals surface area contributed by atoms with Crippen LogP contribution in [-0.4, -0.2) is 32.2 Å². The van der Waals surface area contributed by atoms with Gasteiger partial charge in [0.25, 0.3) is 0 Å². The van der Waals surface area contributed by atoms with Crippen molar-refractivity contribution in [3.05, 3.63) is 22.4 Å². The Hall–Kier alpha value is -1.63. The van der Waals surface area contributed by atoms with E-state index >= 15 is 0 Å². The fraction of sp³-hybridized carbons (Fsp3) is 0.462. The summed E-state index contributed by atoms with van der Waals surface area (Å²) in [4.78, 5) is 15.0. The lowest BCUT2D eigenvalue weighted by Crippen LogP contribution is -2.12. The van der Waals surface area contributed by atoms with Crippen LogP contribution in [0.3, 0.4) is 0 Å². The van der Waals surface area contributed by atoms with Gasteiger partial charge in [0.15, 0.2) is 11.3 Å². The Bertz CT molecular complexity index is 649. The van der Waals surface area contributed by atoms with E-state index in [4.69, 9.17) is 5.11 Å². The number of hydrogen-bond donors (Lipinski definition) is 2. The van der Waals surface area contributed by atoms with Crippen molar-refractivity contribution in [2.24, 2.45) is 5.92 Å². The molecule has 0 amide bonds. The van der Waals surface area contributed by atoms with E-state index in [9.17, 15) is 4.79 Å². The number of fused-ring (bicyclic) bond motifs is 1. The van der Waals surface area contributed by atoms with Crippen LogP contribution in [0.15, 0.2) is 16.7 Å². The molecule has 0 bridgehead atoms. The van der Waals surface area contributed by atoms with E-state index in [-0.39, 0.29) is 5.69 Å². The Morgan fingerprint density at radius 3 is 2.90 bits per heavy atom. The first-order valence-electron chi connectivity index (χ1n) is 6.67. The molecule has 0 aliphatic heterocycles. The Labute approximate surface area is 124 Å². The second kappa shape index (κ2) is 5.40. The summed E-state index contributed by atoms with van der Waals surface area (Å²) in [5.74, 6) is 0.385. The topological polar surface area (TPSA) is 79.5 Å². The van der Waals surface area contributed by atoms with Crippen molar-refractivity contribution in [1.82, 2.24) is 14.6 Å². The maximum absolute atomic E-state index is 11.0. The second-order valence-corrected chi connectivity index (χ2v) is 5.83. The highest BCUT2D eigenvalue weighted by atomic mass is 79.9. The molecule has 0 spiro atoms. The molecule has 0 saturated heterocycles. The fourth-order valence-electron chi connectivity index (χ4n) is 2.60. The van der Waals surface area contributed by atoms with Gasteiger partial charge in [0, 0.05) is 6.54 Å². The summed E-state index contributed by atoms with van der Waals surface area (Å²) in [5, 5.41) is 16.7. The summed E-state index contributed by atoms with van der Waals surface area (Å²) in [6.45, 7) is 0.913. The molecule has 1 saturated carbocycles. The number of aromatic nitrogens is 3. The van der Waals surface area contributed by atoms with E-state index < -0.39 is 5.97 Å². The van der Waals surface area contributed by atoms with E-state index in [1.165, 1.54) is 30.2 Å². The van der Waals surface area contributed by atoms with E-state index in [1.54, 1.807) is 6.07 Å². The maximum atomic E-state index is 11.0. The number of nitrogens with zero attached hydrogens (tertiary/aromatic N) is 3. The molecular formula is C13H15BrN4O2. The summed E-state index contributed by atoms with van der Waals surface area (Å²) in [7, 11) is 0. The van der Waals surface area contributed by atoms with Crippen LogP contribution in [0.1, 0.15) is 36.2 Å². The van der Waals surface area contributed by atoms with Crippen molar-refractivity contribution < 1.29 is 9.90 Å². The predicted octanol–water partition coefficient (Wildman–Crippen LogP) is 2.79. The van der Waals surface area contributed by atoms with Gasteiger partial charge < -0.3 is 10.4 Å². The number of nitrogens with one attached hydrogen (secondary N) is 1. The van der Waals surface area contributed by atoms with Gasteiger partial charge in [-0.05, 0) is 46.8 Å². The van der Waals surface area contributed by atoms with Crippen molar-refractivity contribution in [2.75, 3.05) is 11.9 Å². The lowest BCUT2D eigenvalue weighted by atomic mass is 10.1. The minimum Gasteiger partial charge on any atom is -0.476 e. The molecule has 2 N–H and O–H groups in total. The number of halogens is 1. The third kappa shape index (κ3) is 2.49. The molecule has 2 aromatic heterocycles. The predicted molar refractivity (Wildman–Crippen MR) is 78.1 cm³/mol. The summed E-state index contributed by atoms with van der Waals surface area (Å²) in [5.41, 5.74) is 0.492. The average Bonchev–Trinajstić information content (AvgIpc) is 3.05. The van der Waals surface area contributed by atoms with Crippen LogP contribution in [-0.2, 0) is 0 Å². The van der Waals surface area contributed by atoms with Crippen LogP contribution in [0.25, 0.3) is 5.65 Å². The Morgan fingerprint density at radius 2 is 2.20 bits per heavy atom. The van der Waals surface area contributed by atoms with Crippen LogP contribution in [0.4, 0.5) is 5.82 Å². The molecule has 2 heterocycles. The zero-order valence-corrected chi connectivity index (χ0v) is 12.4. The third-order valence-electron chi connectivity index (χ3n) is 3.67. The third-order valence-corrected chi connectivity index (χ3v) is 4.38. The minimum absolute atomic E-state index is 0.0227. The average molecular weight is 339 g/mol. The van der Waals surface area contributed by atoms with Crippen molar-refractivity contribution in [3.63, 3.8) is 0 Å². The van der Waals surface area contributed by atoms with Crippen LogP contribution in [0, 0.1) is 5.92 Å². The number of carbonyl (C=O) groups is 1. The quantitative estimate of drug-likeness (QED) is 0.895. The SMILES string of the molecule is O=C(O)c1nc2ccc(NCC3CCCC3)nn2c1Br. The highest BCUT2D eigenvalue weighted by Gasteiger charge is 2.18. The van der Waals surface area contributed by atoms with Gasteiger partial charge in [-0.15, -0.1) is 5.10 Å². The number of carboxylic acids is 1. The molecule has 20 heavy (non-hydrogen) atoms. The van der Waals surface area contributed by atoms with Crippen LogP contribution >= 0.6 is 15.9 Å². The first-order chi connectivity index (χ1) is 9.65. The summed E-state index contributed by atoms with van der Waals surface area (Å²) in [6.07, 6.45) is 5.17. The lowest BCUT2D eigenvalue weighted by molar-refractivity contribution is 0.0690. The molecule has 1 aliphatic carbocycles. The Kier molecular flexibility index (Phi) is 3.60. The number of carboxylic acid groups (broad SMARTS) is 1. The van der Waals surface area contributed by atoms with Crippen LogP contribution < -0.4 is 5.32 Å².